The van der Waals surface area contributed by atoms with Crippen LogP contribution < -0.4 is 9.75 Å². The average molecular weight is 418 g/mol. The lowest BCUT2D eigenvalue weighted by molar-refractivity contribution is -0.139. The number of hydrogen-bond donors (Lipinski definition) is 0. The largest absolute Gasteiger partial charge is 0.494 e. The molecule has 2 aromatic rings. The molecule has 0 N–H and O–H groups in total. The first kappa shape index (κ1) is 20.8. The molecule has 160 valence electrons. The fourth-order valence-electron chi connectivity index (χ4n) is 4.09. The van der Waals surface area contributed by atoms with Gasteiger partial charge in [0.2, 0.25) is 5.91 Å². The number of carbonyl (C=O) groups excluding carboxylic acids is 2. The van der Waals surface area contributed by atoms with Crippen molar-refractivity contribution in [1.82, 2.24) is 5.01 Å². The van der Waals surface area contributed by atoms with Crippen molar-refractivity contribution in [2.45, 2.75) is 27.2 Å². The third kappa shape index (κ3) is 3.95. The number of rotatable bonds is 6. The minimum absolute atomic E-state index is 0.139. The monoisotopic (exact) mass is 418 g/mol. The third-order valence-electron chi connectivity index (χ3n) is 5.61. The van der Waals surface area contributed by atoms with Gasteiger partial charge in [-0.3, -0.25) is 9.59 Å². The predicted octanol–water partition coefficient (Wildman–Crippen LogP) is 3.70. The molecule has 0 saturated heterocycles. The van der Waals surface area contributed by atoms with E-state index in [9.17, 15) is 9.59 Å². The van der Waals surface area contributed by atoms with Crippen LogP contribution >= 0.6 is 0 Å². The molecule has 31 heavy (non-hydrogen) atoms. The summed E-state index contributed by atoms with van der Waals surface area (Å²) in [6, 6.07) is 17.0. The Hall–Kier alpha value is -3.48. The van der Waals surface area contributed by atoms with E-state index in [1.54, 1.807) is 0 Å². The van der Waals surface area contributed by atoms with E-state index in [-0.39, 0.29) is 11.8 Å². The van der Waals surface area contributed by atoms with Crippen LogP contribution in [0.15, 0.2) is 64.8 Å². The fraction of sp³-hybridized carbons (Fsp3) is 0.333. The minimum atomic E-state index is -0.602. The normalized spacial score (nSPS) is 21.3. The number of anilines is 1. The number of amides is 2. The molecule has 0 radical (unpaired) electrons. The molecule has 2 aliphatic rings. The van der Waals surface area contributed by atoms with Crippen molar-refractivity contribution in [2.24, 2.45) is 22.0 Å². The highest BCUT2D eigenvalue weighted by Crippen LogP contribution is 2.34. The molecule has 0 saturated carbocycles. The molecule has 0 spiro atoms. The summed E-state index contributed by atoms with van der Waals surface area (Å²) < 4.78 is 5.52. The average Bonchev–Trinajstić information content (AvgIpc) is 3.09. The molecular weight excluding hydrogens is 392 g/mol. The van der Waals surface area contributed by atoms with E-state index in [1.807, 2.05) is 75.4 Å². The van der Waals surface area contributed by atoms with E-state index in [0.29, 0.717) is 31.0 Å². The number of carbonyl (C=O) groups is 2. The molecule has 0 bridgehead atoms. The standard InChI is InChI=1S/C24H26N4O3/c1-4-27-23(29)20(15-21(26-27)17-11-13-19(14-12-17)31-5-2)22-16(3)25-28(24(22)30)18-9-7-6-8-10-18/h6-14,20,22H,4-5,15H2,1-3H3. The van der Waals surface area contributed by atoms with Crippen molar-refractivity contribution >= 4 is 28.9 Å². The molecule has 0 fully saturated rings. The van der Waals surface area contributed by atoms with Gasteiger partial charge in [0, 0.05) is 18.7 Å². The number of benzene rings is 2. The van der Waals surface area contributed by atoms with Gasteiger partial charge in [-0.1, -0.05) is 18.2 Å². The summed E-state index contributed by atoms with van der Waals surface area (Å²) >= 11 is 0. The number of para-hydroxylation sites is 1. The summed E-state index contributed by atoms with van der Waals surface area (Å²) in [5.41, 5.74) is 3.05. The number of ether oxygens (including phenoxy) is 1. The van der Waals surface area contributed by atoms with Gasteiger partial charge in [-0.15, -0.1) is 0 Å². The number of hydrogen-bond acceptors (Lipinski definition) is 5. The second-order valence-corrected chi connectivity index (χ2v) is 7.57. The highest BCUT2D eigenvalue weighted by atomic mass is 16.5. The molecule has 2 aromatic carbocycles. The fourth-order valence-corrected chi connectivity index (χ4v) is 4.09. The van der Waals surface area contributed by atoms with Gasteiger partial charge in [0.15, 0.2) is 0 Å². The topological polar surface area (TPSA) is 74.6 Å². The second kappa shape index (κ2) is 8.71. The van der Waals surface area contributed by atoms with Crippen LogP contribution in [0.1, 0.15) is 32.8 Å². The summed E-state index contributed by atoms with van der Waals surface area (Å²) in [6.45, 7) is 6.68. The van der Waals surface area contributed by atoms with Gasteiger partial charge in [0.25, 0.3) is 5.91 Å². The Morgan fingerprint density at radius 1 is 0.968 bits per heavy atom. The Kier molecular flexibility index (Phi) is 5.84. The molecule has 0 aliphatic carbocycles. The number of nitrogens with zero attached hydrogens (tertiary/aromatic N) is 4. The zero-order valence-corrected chi connectivity index (χ0v) is 18.0. The Labute approximate surface area is 182 Å². The van der Waals surface area contributed by atoms with Crippen molar-refractivity contribution in [3.05, 3.63) is 60.2 Å². The van der Waals surface area contributed by atoms with Crippen LogP contribution in [-0.4, -0.2) is 41.4 Å². The smallest absolute Gasteiger partial charge is 0.257 e. The van der Waals surface area contributed by atoms with Gasteiger partial charge >= 0.3 is 0 Å². The Bertz CT molecular complexity index is 1030. The lowest BCUT2D eigenvalue weighted by Crippen LogP contribution is -2.46. The summed E-state index contributed by atoms with van der Waals surface area (Å²) in [4.78, 5) is 26.5. The second-order valence-electron chi connectivity index (χ2n) is 7.57. The molecule has 7 nitrogen and oxygen atoms in total. The van der Waals surface area contributed by atoms with Crippen molar-refractivity contribution in [1.29, 1.82) is 0 Å². The zero-order chi connectivity index (χ0) is 22.0. The molecule has 2 heterocycles. The van der Waals surface area contributed by atoms with E-state index in [4.69, 9.17) is 4.74 Å². The van der Waals surface area contributed by atoms with Crippen LogP contribution in [0.4, 0.5) is 5.69 Å². The Balaban J connectivity index is 1.62. The molecular formula is C24H26N4O3. The molecule has 2 amide bonds. The van der Waals surface area contributed by atoms with Gasteiger partial charge in [-0.2, -0.15) is 10.2 Å². The maximum absolute atomic E-state index is 13.3. The molecule has 2 unspecified atom stereocenters. The molecule has 4 rings (SSSR count). The number of hydrazone groups is 2. The van der Waals surface area contributed by atoms with Crippen LogP contribution in [0.3, 0.4) is 0 Å². The Morgan fingerprint density at radius 2 is 1.68 bits per heavy atom. The maximum Gasteiger partial charge on any atom is 0.257 e. The summed E-state index contributed by atoms with van der Waals surface area (Å²) in [6.07, 6.45) is 0.384. The molecule has 2 atom stereocenters. The van der Waals surface area contributed by atoms with E-state index in [1.165, 1.54) is 10.0 Å². The van der Waals surface area contributed by atoms with Crippen molar-refractivity contribution in [3.8, 4) is 5.75 Å². The summed E-state index contributed by atoms with van der Waals surface area (Å²) in [5.74, 6) is -0.667. The van der Waals surface area contributed by atoms with Crippen molar-refractivity contribution in [2.75, 3.05) is 18.2 Å². The first-order valence-corrected chi connectivity index (χ1v) is 10.6. The predicted molar refractivity (Wildman–Crippen MR) is 120 cm³/mol. The minimum Gasteiger partial charge on any atom is -0.494 e. The van der Waals surface area contributed by atoms with E-state index in [2.05, 4.69) is 10.2 Å². The Morgan fingerprint density at radius 3 is 2.32 bits per heavy atom. The third-order valence-corrected chi connectivity index (χ3v) is 5.61. The quantitative estimate of drug-likeness (QED) is 0.718. The lowest BCUT2D eigenvalue weighted by Gasteiger charge is -2.31. The van der Waals surface area contributed by atoms with Crippen LogP contribution in [0.5, 0.6) is 5.75 Å². The van der Waals surface area contributed by atoms with Crippen molar-refractivity contribution < 1.29 is 14.3 Å². The molecule has 0 aromatic heterocycles. The molecule has 2 aliphatic heterocycles. The van der Waals surface area contributed by atoms with Gasteiger partial charge < -0.3 is 4.74 Å². The van der Waals surface area contributed by atoms with Crippen LogP contribution in [0.25, 0.3) is 0 Å². The van der Waals surface area contributed by atoms with E-state index < -0.39 is 11.8 Å². The van der Waals surface area contributed by atoms with Gasteiger partial charge in [0.05, 0.1) is 29.8 Å². The first-order chi connectivity index (χ1) is 15.0. The van der Waals surface area contributed by atoms with Crippen molar-refractivity contribution in [3.63, 3.8) is 0 Å². The SMILES string of the molecule is CCOc1ccc(C2=NN(CC)C(=O)C(C3C(=O)N(c4ccccc4)N=C3C)C2)cc1. The van der Waals surface area contributed by atoms with Gasteiger partial charge in [0.1, 0.15) is 5.75 Å². The van der Waals surface area contributed by atoms with Crippen LogP contribution in [0.2, 0.25) is 0 Å². The van der Waals surface area contributed by atoms with E-state index >= 15 is 0 Å². The zero-order valence-electron chi connectivity index (χ0n) is 18.0. The van der Waals surface area contributed by atoms with Crippen LogP contribution in [0, 0.1) is 11.8 Å². The lowest BCUT2D eigenvalue weighted by atomic mass is 9.81. The highest BCUT2D eigenvalue weighted by Gasteiger charge is 2.46. The van der Waals surface area contributed by atoms with E-state index in [0.717, 1.165) is 17.0 Å². The summed E-state index contributed by atoms with van der Waals surface area (Å²) in [7, 11) is 0. The van der Waals surface area contributed by atoms with Gasteiger partial charge in [-0.05, 0) is 62.7 Å². The maximum atomic E-state index is 13.3. The highest BCUT2D eigenvalue weighted by molar-refractivity contribution is 6.18. The first-order valence-electron chi connectivity index (χ1n) is 10.6. The van der Waals surface area contributed by atoms with Crippen LogP contribution in [-0.2, 0) is 9.59 Å². The molecule has 7 heteroatoms. The van der Waals surface area contributed by atoms with Gasteiger partial charge in [-0.25, -0.2) is 10.0 Å². The summed E-state index contributed by atoms with van der Waals surface area (Å²) in [5, 5.41) is 11.9.